The summed E-state index contributed by atoms with van der Waals surface area (Å²) in [6, 6.07) is 0. The lowest BCUT2D eigenvalue weighted by Crippen LogP contribution is -2.44. The van der Waals surface area contributed by atoms with Gasteiger partial charge in [0.15, 0.2) is 0 Å². The summed E-state index contributed by atoms with van der Waals surface area (Å²) in [4.78, 5) is 25.7. The van der Waals surface area contributed by atoms with Crippen molar-refractivity contribution in [3.8, 4) is 0 Å². The molecule has 3 saturated carbocycles. The molecule has 0 heterocycles. The minimum absolute atomic E-state index is 0.142. The van der Waals surface area contributed by atoms with Crippen LogP contribution in [0.25, 0.3) is 0 Å². The van der Waals surface area contributed by atoms with Crippen molar-refractivity contribution >= 4 is 11.8 Å². The third kappa shape index (κ3) is 6.60. The molecule has 0 bridgehead atoms. The second-order valence-corrected chi connectivity index (χ2v) is 11.7. The van der Waals surface area contributed by atoms with Gasteiger partial charge in [0.05, 0.1) is 6.61 Å². The van der Waals surface area contributed by atoms with Gasteiger partial charge in [-0.2, -0.15) is 0 Å². The Morgan fingerprint density at radius 1 is 0.812 bits per heavy atom. The number of ketones is 1. The van der Waals surface area contributed by atoms with Crippen molar-refractivity contribution in [1.29, 1.82) is 0 Å². The van der Waals surface area contributed by atoms with Crippen molar-refractivity contribution in [2.45, 2.75) is 130 Å². The van der Waals surface area contributed by atoms with Gasteiger partial charge < -0.3 is 4.74 Å². The summed E-state index contributed by atoms with van der Waals surface area (Å²) in [5.41, 5.74) is -0.893. The molecule has 0 aliphatic heterocycles. The molecule has 0 spiro atoms. The highest BCUT2D eigenvalue weighted by Gasteiger charge is 2.47. The molecule has 0 aromatic rings. The van der Waals surface area contributed by atoms with E-state index in [1.807, 2.05) is 6.92 Å². The van der Waals surface area contributed by atoms with E-state index in [1.165, 1.54) is 77.0 Å². The van der Waals surface area contributed by atoms with E-state index in [2.05, 4.69) is 13.8 Å². The molecule has 3 aliphatic rings. The van der Waals surface area contributed by atoms with Crippen LogP contribution in [0.1, 0.15) is 130 Å². The molecular formula is C29H50O3. The summed E-state index contributed by atoms with van der Waals surface area (Å²) in [5.74, 6) is 3.96. The number of hydrogen-bond acceptors (Lipinski definition) is 3. The number of hydrogen-bond donors (Lipinski definition) is 0. The zero-order valence-electron chi connectivity index (χ0n) is 21.3. The van der Waals surface area contributed by atoms with Crippen molar-refractivity contribution in [1.82, 2.24) is 0 Å². The third-order valence-electron chi connectivity index (χ3n) is 9.50. The molecular weight excluding hydrogens is 396 g/mol. The van der Waals surface area contributed by atoms with Crippen LogP contribution in [0.3, 0.4) is 0 Å². The van der Waals surface area contributed by atoms with E-state index in [4.69, 9.17) is 4.74 Å². The van der Waals surface area contributed by atoms with Gasteiger partial charge in [-0.3, -0.25) is 9.59 Å². The van der Waals surface area contributed by atoms with Crippen LogP contribution >= 0.6 is 0 Å². The molecule has 1 unspecified atom stereocenters. The molecule has 0 saturated heterocycles. The lowest BCUT2D eigenvalue weighted by molar-refractivity contribution is -0.162. The van der Waals surface area contributed by atoms with Gasteiger partial charge in [0.1, 0.15) is 11.2 Å². The summed E-state index contributed by atoms with van der Waals surface area (Å²) in [6.45, 7) is 6.81. The van der Waals surface area contributed by atoms with Crippen molar-refractivity contribution in [2.24, 2.45) is 35.0 Å². The molecule has 3 aliphatic carbocycles. The van der Waals surface area contributed by atoms with E-state index in [1.54, 1.807) is 0 Å². The minimum atomic E-state index is -0.893. The van der Waals surface area contributed by atoms with Crippen molar-refractivity contribution < 1.29 is 14.3 Å². The number of esters is 1. The van der Waals surface area contributed by atoms with Gasteiger partial charge in [0, 0.05) is 6.42 Å². The first-order valence-electron chi connectivity index (χ1n) is 14.2. The molecule has 3 nitrogen and oxygen atoms in total. The van der Waals surface area contributed by atoms with E-state index in [9.17, 15) is 9.59 Å². The molecule has 0 amide bonds. The smallest absolute Gasteiger partial charge is 0.319 e. The van der Waals surface area contributed by atoms with Gasteiger partial charge >= 0.3 is 5.97 Å². The third-order valence-corrected chi connectivity index (χ3v) is 9.50. The van der Waals surface area contributed by atoms with Crippen LogP contribution in [0, 0.1) is 35.0 Å². The summed E-state index contributed by atoms with van der Waals surface area (Å²) >= 11 is 0. The summed E-state index contributed by atoms with van der Waals surface area (Å²) in [6.07, 6.45) is 20.6. The van der Waals surface area contributed by atoms with E-state index in [0.717, 1.165) is 37.0 Å². The zero-order valence-corrected chi connectivity index (χ0v) is 21.3. The first kappa shape index (κ1) is 25.8. The Morgan fingerprint density at radius 3 is 1.97 bits per heavy atom. The Labute approximate surface area is 197 Å². The predicted octanol–water partition coefficient (Wildman–Crippen LogP) is 7.90. The molecule has 184 valence electrons. The molecule has 3 fully saturated rings. The van der Waals surface area contributed by atoms with Gasteiger partial charge in [-0.1, -0.05) is 58.8 Å². The first-order valence-corrected chi connectivity index (χ1v) is 14.2. The fraction of sp³-hybridized carbons (Fsp3) is 0.931. The fourth-order valence-corrected chi connectivity index (χ4v) is 7.09. The number of ether oxygens (including phenoxy) is 1. The average Bonchev–Trinajstić information content (AvgIpc) is 2.81. The molecule has 0 radical (unpaired) electrons. The Morgan fingerprint density at radius 2 is 1.41 bits per heavy atom. The monoisotopic (exact) mass is 446 g/mol. The molecule has 2 atom stereocenters. The van der Waals surface area contributed by atoms with Crippen LogP contribution in [0.4, 0.5) is 0 Å². The normalized spacial score (nSPS) is 36.1. The molecule has 0 aromatic heterocycles. The van der Waals surface area contributed by atoms with Gasteiger partial charge in [0.25, 0.3) is 0 Å². The minimum Gasteiger partial charge on any atom is -0.465 e. The Balaban J connectivity index is 1.39. The van der Waals surface area contributed by atoms with E-state index >= 15 is 0 Å². The van der Waals surface area contributed by atoms with Crippen LogP contribution in [-0.2, 0) is 14.3 Å². The van der Waals surface area contributed by atoms with Crippen LogP contribution < -0.4 is 0 Å². The number of carbonyl (C=O) groups is 2. The van der Waals surface area contributed by atoms with Crippen LogP contribution in [-0.4, -0.2) is 18.4 Å². The van der Waals surface area contributed by atoms with E-state index < -0.39 is 5.41 Å². The quantitative estimate of drug-likeness (QED) is 0.194. The lowest BCUT2D eigenvalue weighted by atomic mass is 9.62. The van der Waals surface area contributed by atoms with E-state index in [-0.39, 0.29) is 11.8 Å². The standard InChI is InChI=1S/C29H50O3/c1-4-6-7-8-20-32-28(31)29(3)19-18-26(21-27(29)30)25-16-14-24(15-17-25)23-12-10-22(9-5-2)11-13-23/h22-26H,4-21H2,1-3H3/t22?,23?,24?,25?,26?,29-/m0/s1. The Kier molecular flexibility index (Phi) is 10.1. The number of unbranched alkanes of at least 4 members (excludes halogenated alkanes) is 3. The fourth-order valence-electron chi connectivity index (χ4n) is 7.09. The summed E-state index contributed by atoms with van der Waals surface area (Å²) < 4.78 is 5.53. The SMILES string of the molecule is CCCCCCOC(=O)[C@@]1(C)CCC(C2CCC(C3CCC(CCC)CC3)CC2)CC1=O. The van der Waals surface area contributed by atoms with Crippen LogP contribution in [0.5, 0.6) is 0 Å². The second kappa shape index (κ2) is 12.6. The summed E-state index contributed by atoms with van der Waals surface area (Å²) in [5, 5.41) is 0. The largest absolute Gasteiger partial charge is 0.465 e. The number of carbonyl (C=O) groups excluding carboxylic acids is 2. The topological polar surface area (TPSA) is 43.4 Å². The first-order chi connectivity index (χ1) is 15.5. The molecule has 32 heavy (non-hydrogen) atoms. The Hall–Kier alpha value is -0.860. The van der Waals surface area contributed by atoms with Gasteiger partial charge in [-0.15, -0.1) is 0 Å². The average molecular weight is 447 g/mol. The van der Waals surface area contributed by atoms with E-state index in [0.29, 0.717) is 31.3 Å². The molecule has 3 heteroatoms. The lowest BCUT2D eigenvalue weighted by Gasteiger charge is -2.42. The van der Waals surface area contributed by atoms with Crippen molar-refractivity contribution in [3.63, 3.8) is 0 Å². The predicted molar refractivity (Wildman–Crippen MR) is 131 cm³/mol. The summed E-state index contributed by atoms with van der Waals surface area (Å²) in [7, 11) is 0. The maximum Gasteiger partial charge on any atom is 0.319 e. The van der Waals surface area contributed by atoms with Gasteiger partial charge in [-0.05, 0) is 94.3 Å². The zero-order chi connectivity index (χ0) is 23.0. The molecule has 0 aromatic carbocycles. The number of rotatable bonds is 10. The molecule has 3 rings (SSSR count). The van der Waals surface area contributed by atoms with Gasteiger partial charge in [0.2, 0.25) is 0 Å². The van der Waals surface area contributed by atoms with Crippen molar-refractivity contribution in [3.05, 3.63) is 0 Å². The highest BCUT2D eigenvalue weighted by molar-refractivity contribution is 6.04. The second-order valence-electron chi connectivity index (χ2n) is 11.7. The van der Waals surface area contributed by atoms with Crippen molar-refractivity contribution in [2.75, 3.05) is 6.61 Å². The highest BCUT2D eigenvalue weighted by atomic mass is 16.5. The maximum absolute atomic E-state index is 13.0. The van der Waals surface area contributed by atoms with Gasteiger partial charge in [-0.25, -0.2) is 0 Å². The maximum atomic E-state index is 13.0. The molecule has 0 N–H and O–H groups in total. The number of Topliss-reactive ketones (excluding diaryl/α,β-unsaturated/α-hetero) is 1. The van der Waals surface area contributed by atoms with Crippen LogP contribution in [0.15, 0.2) is 0 Å². The van der Waals surface area contributed by atoms with Crippen LogP contribution in [0.2, 0.25) is 0 Å². The highest BCUT2D eigenvalue weighted by Crippen LogP contribution is 2.47. The Bertz CT molecular complexity index is 583.